The van der Waals surface area contributed by atoms with Gasteiger partial charge in [0.15, 0.2) is 0 Å². The molecule has 110 valence electrons. The molecule has 2 N–H and O–H groups in total. The van der Waals surface area contributed by atoms with Gasteiger partial charge in [0.25, 0.3) is 0 Å². The van der Waals surface area contributed by atoms with E-state index >= 15 is 0 Å². The highest BCUT2D eigenvalue weighted by atomic mass is 16.2. The second-order valence-electron chi connectivity index (χ2n) is 4.97. The summed E-state index contributed by atoms with van der Waals surface area (Å²) in [5.74, 6) is 2.53. The lowest BCUT2D eigenvalue weighted by molar-refractivity contribution is -0.122. The van der Waals surface area contributed by atoms with Crippen LogP contribution in [0.3, 0.4) is 0 Å². The molecule has 1 aromatic heterocycles. The summed E-state index contributed by atoms with van der Waals surface area (Å²) in [5, 5.41) is 6.17. The van der Waals surface area contributed by atoms with Crippen LogP contribution in [0.5, 0.6) is 0 Å². The molecular weight excluding hydrogens is 254 g/mol. The molecule has 0 aliphatic carbocycles. The zero-order chi connectivity index (χ0) is 14.5. The largest absolute Gasteiger partial charge is 0.370 e. The van der Waals surface area contributed by atoms with Crippen LogP contribution >= 0.6 is 0 Å². The Kier molecular flexibility index (Phi) is 4.76. The Morgan fingerprint density at radius 3 is 2.95 bits per heavy atom. The summed E-state index contributed by atoms with van der Waals surface area (Å²) in [5.41, 5.74) is 0. The van der Waals surface area contributed by atoms with Crippen molar-refractivity contribution in [3.8, 4) is 0 Å². The molecule has 0 spiro atoms. The highest BCUT2D eigenvalue weighted by molar-refractivity contribution is 5.85. The second kappa shape index (κ2) is 6.54. The molecular formula is C14H23N5O. The third kappa shape index (κ3) is 3.18. The van der Waals surface area contributed by atoms with Crippen LogP contribution in [0.15, 0.2) is 6.07 Å². The van der Waals surface area contributed by atoms with Crippen LogP contribution in [0.25, 0.3) is 0 Å². The summed E-state index contributed by atoms with van der Waals surface area (Å²) in [7, 11) is 0. The first-order chi connectivity index (χ1) is 9.65. The van der Waals surface area contributed by atoms with Crippen LogP contribution in [0.2, 0.25) is 0 Å². The number of amides is 1. The summed E-state index contributed by atoms with van der Waals surface area (Å²) < 4.78 is 0. The van der Waals surface area contributed by atoms with E-state index in [-0.39, 0.29) is 11.9 Å². The highest BCUT2D eigenvalue weighted by Gasteiger charge is 2.27. The predicted octanol–water partition coefficient (Wildman–Crippen LogP) is 1.19. The fourth-order valence-electron chi connectivity index (χ4n) is 2.23. The van der Waals surface area contributed by atoms with Gasteiger partial charge in [0.1, 0.15) is 23.5 Å². The van der Waals surface area contributed by atoms with Gasteiger partial charge in [0.2, 0.25) is 5.91 Å². The Morgan fingerprint density at radius 1 is 1.45 bits per heavy atom. The fourth-order valence-corrected chi connectivity index (χ4v) is 2.23. The van der Waals surface area contributed by atoms with Gasteiger partial charge < -0.3 is 15.5 Å². The number of carbonyl (C=O) groups excluding carboxylic acids is 1. The Labute approximate surface area is 120 Å². The molecule has 20 heavy (non-hydrogen) atoms. The molecule has 1 aliphatic rings. The number of rotatable bonds is 5. The third-order valence-corrected chi connectivity index (χ3v) is 3.42. The average Bonchev–Trinajstić information content (AvgIpc) is 2.47. The molecule has 2 rings (SSSR count). The standard InChI is InChI=1S/C14H23N5O/c1-4-6-15-12-9-13(18-11(5-2)17-12)19-8-7-16-14(20)10(19)3/h9-10H,4-8H2,1-3H3,(H,16,20)(H,15,17,18). The quantitative estimate of drug-likeness (QED) is 0.846. The van der Waals surface area contributed by atoms with Gasteiger partial charge in [-0.1, -0.05) is 13.8 Å². The van der Waals surface area contributed by atoms with Gasteiger partial charge >= 0.3 is 0 Å². The highest BCUT2D eigenvalue weighted by Crippen LogP contribution is 2.20. The zero-order valence-corrected chi connectivity index (χ0v) is 12.4. The van der Waals surface area contributed by atoms with Crippen molar-refractivity contribution in [2.24, 2.45) is 0 Å². The van der Waals surface area contributed by atoms with Crippen LogP contribution in [-0.2, 0) is 11.2 Å². The molecule has 0 bridgehead atoms. The van der Waals surface area contributed by atoms with E-state index in [2.05, 4.69) is 27.5 Å². The number of hydrogen-bond donors (Lipinski definition) is 2. The number of piperazine rings is 1. The maximum Gasteiger partial charge on any atom is 0.242 e. The molecule has 1 unspecified atom stereocenters. The van der Waals surface area contributed by atoms with E-state index in [9.17, 15) is 4.79 Å². The summed E-state index contributed by atoms with van der Waals surface area (Å²) in [4.78, 5) is 22.9. The van der Waals surface area contributed by atoms with Crippen molar-refractivity contribution >= 4 is 17.5 Å². The normalized spacial score (nSPS) is 18.9. The molecule has 0 aromatic carbocycles. The first-order valence-electron chi connectivity index (χ1n) is 7.31. The number of nitrogens with zero attached hydrogens (tertiary/aromatic N) is 3. The fraction of sp³-hybridized carbons (Fsp3) is 0.643. The van der Waals surface area contributed by atoms with Gasteiger partial charge in [-0.15, -0.1) is 0 Å². The monoisotopic (exact) mass is 277 g/mol. The Hall–Kier alpha value is -1.85. The molecule has 1 amide bonds. The van der Waals surface area contributed by atoms with Crippen molar-refractivity contribution in [1.29, 1.82) is 0 Å². The van der Waals surface area contributed by atoms with E-state index in [1.807, 2.05) is 24.8 Å². The number of anilines is 2. The van der Waals surface area contributed by atoms with Crippen molar-refractivity contribution in [3.63, 3.8) is 0 Å². The lowest BCUT2D eigenvalue weighted by atomic mass is 10.2. The van der Waals surface area contributed by atoms with Crippen LogP contribution in [0.1, 0.15) is 33.0 Å². The summed E-state index contributed by atoms with van der Waals surface area (Å²) in [6.45, 7) is 8.38. The Bertz CT molecular complexity index is 477. The molecule has 1 atom stereocenters. The van der Waals surface area contributed by atoms with E-state index in [1.54, 1.807) is 0 Å². The van der Waals surface area contributed by atoms with Gasteiger partial charge in [-0.05, 0) is 13.3 Å². The number of nitrogens with one attached hydrogen (secondary N) is 2. The van der Waals surface area contributed by atoms with E-state index in [4.69, 9.17) is 0 Å². The molecule has 2 heterocycles. The van der Waals surface area contributed by atoms with Crippen LogP contribution in [0, 0.1) is 0 Å². The topological polar surface area (TPSA) is 70.2 Å². The molecule has 1 fully saturated rings. The van der Waals surface area contributed by atoms with Crippen LogP contribution in [-0.4, -0.2) is 41.6 Å². The Balaban J connectivity index is 2.27. The van der Waals surface area contributed by atoms with Gasteiger partial charge in [-0.2, -0.15) is 0 Å². The van der Waals surface area contributed by atoms with E-state index < -0.39 is 0 Å². The molecule has 1 aliphatic heterocycles. The minimum atomic E-state index is -0.192. The summed E-state index contributed by atoms with van der Waals surface area (Å²) >= 11 is 0. The lowest BCUT2D eigenvalue weighted by Gasteiger charge is -2.34. The number of aryl methyl sites for hydroxylation is 1. The molecule has 6 nitrogen and oxygen atoms in total. The predicted molar refractivity (Wildman–Crippen MR) is 80.0 cm³/mol. The van der Waals surface area contributed by atoms with Gasteiger partial charge in [0, 0.05) is 32.1 Å². The minimum Gasteiger partial charge on any atom is -0.370 e. The van der Waals surface area contributed by atoms with Crippen molar-refractivity contribution in [2.45, 2.75) is 39.7 Å². The van der Waals surface area contributed by atoms with Gasteiger partial charge in [-0.3, -0.25) is 4.79 Å². The summed E-state index contributed by atoms with van der Waals surface area (Å²) in [6, 6.07) is 1.74. The molecule has 1 aromatic rings. The van der Waals surface area contributed by atoms with Crippen molar-refractivity contribution in [2.75, 3.05) is 29.9 Å². The van der Waals surface area contributed by atoms with Crippen LogP contribution in [0.4, 0.5) is 11.6 Å². The SMILES string of the molecule is CCCNc1cc(N2CCNC(=O)C2C)nc(CC)n1. The number of aromatic nitrogens is 2. The smallest absolute Gasteiger partial charge is 0.242 e. The first-order valence-corrected chi connectivity index (χ1v) is 7.31. The van der Waals surface area contributed by atoms with Crippen LogP contribution < -0.4 is 15.5 Å². The third-order valence-electron chi connectivity index (χ3n) is 3.42. The van der Waals surface area contributed by atoms with E-state index in [0.29, 0.717) is 6.54 Å². The molecule has 6 heteroatoms. The van der Waals surface area contributed by atoms with Crippen molar-refractivity contribution < 1.29 is 4.79 Å². The van der Waals surface area contributed by atoms with Gasteiger partial charge in [-0.25, -0.2) is 9.97 Å². The minimum absolute atomic E-state index is 0.0518. The number of carbonyl (C=O) groups is 1. The van der Waals surface area contributed by atoms with E-state index in [1.165, 1.54) is 0 Å². The molecule has 0 saturated carbocycles. The van der Waals surface area contributed by atoms with E-state index in [0.717, 1.165) is 43.4 Å². The molecule has 1 saturated heterocycles. The van der Waals surface area contributed by atoms with Crippen molar-refractivity contribution in [3.05, 3.63) is 11.9 Å². The maximum absolute atomic E-state index is 11.8. The molecule has 0 radical (unpaired) electrons. The Morgan fingerprint density at radius 2 is 2.25 bits per heavy atom. The van der Waals surface area contributed by atoms with Crippen molar-refractivity contribution in [1.82, 2.24) is 15.3 Å². The zero-order valence-electron chi connectivity index (χ0n) is 12.4. The maximum atomic E-state index is 11.8. The average molecular weight is 277 g/mol. The second-order valence-corrected chi connectivity index (χ2v) is 4.97. The van der Waals surface area contributed by atoms with Gasteiger partial charge in [0.05, 0.1) is 0 Å². The first kappa shape index (κ1) is 14.6. The number of hydrogen-bond acceptors (Lipinski definition) is 5. The lowest BCUT2D eigenvalue weighted by Crippen LogP contribution is -2.54. The summed E-state index contributed by atoms with van der Waals surface area (Å²) in [6.07, 6.45) is 1.83.